The summed E-state index contributed by atoms with van der Waals surface area (Å²) >= 11 is 3.62. The summed E-state index contributed by atoms with van der Waals surface area (Å²) in [5, 5.41) is 17.7. The maximum absolute atomic E-state index is 14.4. The molecule has 11 heteroatoms. The quantitative estimate of drug-likeness (QED) is 0.102. The number of ketones is 1. The smallest absolute Gasteiger partial charge is 0.235 e. The van der Waals surface area contributed by atoms with E-state index in [1.54, 1.807) is 60.7 Å². The van der Waals surface area contributed by atoms with Gasteiger partial charge in [-0.1, -0.05) is 50.5 Å². The van der Waals surface area contributed by atoms with Gasteiger partial charge in [-0.2, -0.15) is 0 Å². The molecule has 0 saturated heterocycles. The Kier molecular flexibility index (Phi) is 13.5. The molecule has 3 aromatic rings. The fourth-order valence-electron chi connectivity index (χ4n) is 6.39. The number of Topliss-reactive ketones (excluding diaryl/α,β-unsaturated/α-hetero) is 1. The fraction of sp³-hybridized carbons (Fsp3) is 0.447. The number of unbranched alkanes of at least 4 members (excludes halogenated alkanes) is 3. The van der Waals surface area contributed by atoms with E-state index in [0.29, 0.717) is 64.2 Å². The minimum absolute atomic E-state index is 0.360. The first kappa shape index (κ1) is 37.7. The van der Waals surface area contributed by atoms with E-state index in [1.165, 1.54) is 14.0 Å². The van der Waals surface area contributed by atoms with Crippen LogP contribution in [-0.4, -0.2) is 55.2 Å². The average molecular weight is 740 g/mol. The molecule has 1 aliphatic carbocycles. The molecule has 0 spiro atoms. The van der Waals surface area contributed by atoms with Gasteiger partial charge in [0, 0.05) is 12.3 Å². The van der Waals surface area contributed by atoms with Crippen molar-refractivity contribution in [3.8, 4) is 23.0 Å². The molecule has 49 heavy (non-hydrogen) atoms. The zero-order valence-electron chi connectivity index (χ0n) is 28.8. The maximum Gasteiger partial charge on any atom is 0.235 e. The van der Waals surface area contributed by atoms with Gasteiger partial charge in [0.2, 0.25) is 11.8 Å². The lowest BCUT2D eigenvalue weighted by Crippen LogP contribution is -2.56. The molecule has 1 saturated carbocycles. The Morgan fingerprint density at radius 2 is 1.45 bits per heavy atom. The number of hydrogen-bond donors (Lipinski definition) is 3. The highest BCUT2D eigenvalue weighted by Gasteiger charge is 2.56. The highest BCUT2D eigenvalue weighted by Crippen LogP contribution is 2.50. The monoisotopic (exact) mass is 738 g/mol. The van der Waals surface area contributed by atoms with Crippen molar-refractivity contribution >= 4 is 44.9 Å². The lowest BCUT2D eigenvalue weighted by molar-refractivity contribution is -0.150. The second-order valence-corrected chi connectivity index (χ2v) is 13.1. The number of ether oxygens (including phenoxy) is 4. The number of anilines is 2. The van der Waals surface area contributed by atoms with Crippen LogP contribution in [-0.2, 0) is 14.4 Å². The predicted molar refractivity (Wildman–Crippen MR) is 193 cm³/mol. The number of aliphatic hydroxyl groups is 1. The van der Waals surface area contributed by atoms with Crippen molar-refractivity contribution in [3.05, 3.63) is 70.7 Å². The van der Waals surface area contributed by atoms with E-state index in [2.05, 4.69) is 33.5 Å². The first-order chi connectivity index (χ1) is 23.6. The molecule has 2 amide bonds. The predicted octanol–water partition coefficient (Wildman–Crippen LogP) is 7.53. The van der Waals surface area contributed by atoms with E-state index in [4.69, 9.17) is 18.9 Å². The number of para-hydroxylation sites is 4. The van der Waals surface area contributed by atoms with Crippen molar-refractivity contribution in [2.75, 3.05) is 37.6 Å². The molecule has 4 rings (SSSR count). The molecular weight excluding hydrogens is 692 g/mol. The molecule has 0 radical (unpaired) electrons. The molecule has 3 N–H and O–H groups in total. The van der Waals surface area contributed by atoms with E-state index in [0.717, 1.165) is 25.7 Å². The summed E-state index contributed by atoms with van der Waals surface area (Å²) in [6.07, 6.45) is 3.68. The van der Waals surface area contributed by atoms with E-state index in [9.17, 15) is 19.5 Å². The van der Waals surface area contributed by atoms with Crippen LogP contribution in [0.3, 0.4) is 0 Å². The number of carbonyl (C=O) groups is 3. The molecule has 10 nitrogen and oxygen atoms in total. The Morgan fingerprint density at radius 3 is 2.02 bits per heavy atom. The lowest BCUT2D eigenvalue weighted by atomic mass is 9.61. The summed E-state index contributed by atoms with van der Waals surface area (Å²) in [6.45, 7) is 8.48. The fourth-order valence-corrected chi connectivity index (χ4v) is 6.96. The molecule has 0 aliphatic heterocycles. The van der Waals surface area contributed by atoms with Crippen LogP contribution < -0.4 is 29.6 Å². The molecule has 1 fully saturated rings. The number of carbonyl (C=O) groups excluding carboxylic acids is 3. The van der Waals surface area contributed by atoms with Crippen LogP contribution in [0.5, 0.6) is 23.0 Å². The van der Waals surface area contributed by atoms with Gasteiger partial charge in [-0.05, 0) is 85.1 Å². The molecule has 264 valence electrons. The van der Waals surface area contributed by atoms with E-state index >= 15 is 0 Å². The zero-order valence-corrected chi connectivity index (χ0v) is 30.4. The SMILES string of the molecule is CCCCCCOc1c(Br)cc(C2C(C(=O)Nc3ccccc3OCC)C(=O)CC(C)(O)C2C(=O)Nc2ccccc2OCC)cc1OC. The Hall–Kier alpha value is -4.09. The number of amides is 2. The molecular formula is C38H47BrN2O8. The maximum atomic E-state index is 14.4. The number of hydrogen-bond acceptors (Lipinski definition) is 8. The van der Waals surface area contributed by atoms with Gasteiger partial charge < -0.3 is 34.7 Å². The standard InChI is InChI=1S/C38H47BrN2O8/c1-6-9-10-15-20-49-35-25(39)21-24(22-31(35)46-5)32-33(36(43)40-26-16-11-13-18-29(26)47-7-2)28(42)23-38(4,45)34(32)37(44)41-27-17-12-14-19-30(27)48-8-3/h11-14,16-19,21-22,32-34,45H,6-10,15,20,23H2,1-5H3,(H,40,43)(H,41,44). The van der Waals surface area contributed by atoms with Crippen LogP contribution in [0.4, 0.5) is 11.4 Å². The highest BCUT2D eigenvalue weighted by molar-refractivity contribution is 9.10. The largest absolute Gasteiger partial charge is 0.493 e. The van der Waals surface area contributed by atoms with Crippen LogP contribution in [0, 0.1) is 11.8 Å². The second kappa shape index (κ2) is 17.5. The topological polar surface area (TPSA) is 132 Å². The number of benzene rings is 3. The van der Waals surface area contributed by atoms with Crippen molar-refractivity contribution in [1.29, 1.82) is 0 Å². The summed E-state index contributed by atoms with van der Waals surface area (Å²) in [7, 11) is 1.50. The van der Waals surface area contributed by atoms with E-state index in [-0.39, 0.29) is 0 Å². The average Bonchev–Trinajstić information content (AvgIpc) is 3.06. The van der Waals surface area contributed by atoms with Crippen molar-refractivity contribution in [2.45, 2.75) is 71.3 Å². The number of halogens is 1. The summed E-state index contributed by atoms with van der Waals surface area (Å²) in [4.78, 5) is 42.6. The molecule has 1 aliphatic rings. The van der Waals surface area contributed by atoms with Gasteiger partial charge in [-0.25, -0.2) is 0 Å². The van der Waals surface area contributed by atoms with Gasteiger partial charge in [-0.15, -0.1) is 0 Å². The van der Waals surface area contributed by atoms with E-state index in [1.807, 2.05) is 13.8 Å². The van der Waals surface area contributed by atoms with Crippen LogP contribution in [0.25, 0.3) is 0 Å². The van der Waals surface area contributed by atoms with Crippen LogP contribution in [0.1, 0.15) is 71.3 Å². The van der Waals surface area contributed by atoms with Crippen molar-refractivity contribution < 1.29 is 38.4 Å². The van der Waals surface area contributed by atoms with Crippen molar-refractivity contribution in [2.24, 2.45) is 11.8 Å². The van der Waals surface area contributed by atoms with Crippen LogP contribution >= 0.6 is 15.9 Å². The lowest BCUT2D eigenvalue weighted by Gasteiger charge is -2.44. The summed E-state index contributed by atoms with van der Waals surface area (Å²) in [5.41, 5.74) is -0.596. The highest BCUT2D eigenvalue weighted by atomic mass is 79.9. The Bertz CT molecular complexity index is 1610. The van der Waals surface area contributed by atoms with Crippen LogP contribution in [0.15, 0.2) is 65.1 Å². The Labute approximate surface area is 297 Å². The normalized spacial score (nSPS) is 20.3. The van der Waals surface area contributed by atoms with Gasteiger partial charge in [0.1, 0.15) is 23.2 Å². The van der Waals surface area contributed by atoms with Gasteiger partial charge >= 0.3 is 0 Å². The third kappa shape index (κ3) is 9.13. The number of rotatable bonds is 16. The minimum atomic E-state index is -1.82. The molecule has 3 aromatic carbocycles. The number of methoxy groups -OCH3 is 1. The third-order valence-corrected chi connectivity index (χ3v) is 9.19. The summed E-state index contributed by atoms with van der Waals surface area (Å²) in [5.74, 6) is -3.71. The molecule has 0 aromatic heterocycles. The molecule has 0 heterocycles. The van der Waals surface area contributed by atoms with Gasteiger partial charge in [0.05, 0.1) is 54.3 Å². The van der Waals surface area contributed by atoms with Gasteiger partial charge in [0.25, 0.3) is 0 Å². The van der Waals surface area contributed by atoms with Crippen molar-refractivity contribution in [1.82, 2.24) is 0 Å². The Balaban J connectivity index is 1.82. The number of nitrogens with one attached hydrogen (secondary N) is 2. The zero-order chi connectivity index (χ0) is 35.6. The molecule has 4 atom stereocenters. The van der Waals surface area contributed by atoms with E-state index < -0.39 is 47.4 Å². The third-order valence-electron chi connectivity index (χ3n) is 8.60. The summed E-state index contributed by atoms with van der Waals surface area (Å²) < 4.78 is 23.8. The summed E-state index contributed by atoms with van der Waals surface area (Å²) in [6, 6.07) is 17.3. The second-order valence-electron chi connectivity index (χ2n) is 12.3. The minimum Gasteiger partial charge on any atom is -0.493 e. The Morgan fingerprint density at radius 1 is 0.857 bits per heavy atom. The van der Waals surface area contributed by atoms with Crippen molar-refractivity contribution in [3.63, 3.8) is 0 Å². The van der Waals surface area contributed by atoms with Gasteiger partial charge in [-0.3, -0.25) is 14.4 Å². The van der Waals surface area contributed by atoms with Gasteiger partial charge in [0.15, 0.2) is 11.5 Å². The molecule has 0 bridgehead atoms. The first-order valence-electron chi connectivity index (χ1n) is 16.9. The first-order valence-corrected chi connectivity index (χ1v) is 17.7. The van der Waals surface area contributed by atoms with Crippen LogP contribution in [0.2, 0.25) is 0 Å². The molecule has 4 unspecified atom stereocenters.